The molecular weight excluding hydrogens is 384 g/mol. The molecule has 0 saturated heterocycles. The second-order valence-electron chi connectivity index (χ2n) is 7.79. The zero-order valence-electron chi connectivity index (χ0n) is 18.2. The Morgan fingerprint density at radius 1 is 0.839 bits per heavy atom. The van der Waals surface area contributed by atoms with Crippen LogP contribution in [0.2, 0.25) is 0 Å². The summed E-state index contributed by atoms with van der Waals surface area (Å²) >= 11 is 0. The molecule has 0 bridgehead atoms. The molecular formula is C26H26N4O. The van der Waals surface area contributed by atoms with Crippen LogP contribution in [0.15, 0.2) is 67.0 Å². The molecule has 31 heavy (non-hydrogen) atoms. The molecule has 1 amide bonds. The number of aromatic nitrogens is 3. The van der Waals surface area contributed by atoms with Gasteiger partial charge in [0.15, 0.2) is 0 Å². The predicted molar refractivity (Wildman–Crippen MR) is 123 cm³/mol. The van der Waals surface area contributed by atoms with Gasteiger partial charge in [0, 0.05) is 31.0 Å². The van der Waals surface area contributed by atoms with Gasteiger partial charge < -0.3 is 4.90 Å². The Morgan fingerprint density at radius 3 is 2.19 bits per heavy atom. The summed E-state index contributed by atoms with van der Waals surface area (Å²) in [5.74, 6) is -0.0367. The zero-order valence-corrected chi connectivity index (χ0v) is 18.2. The lowest BCUT2D eigenvalue weighted by Crippen LogP contribution is -2.30. The summed E-state index contributed by atoms with van der Waals surface area (Å²) in [5.41, 5.74) is 7.30. The topological polar surface area (TPSA) is 59.0 Å². The van der Waals surface area contributed by atoms with Crippen LogP contribution in [0, 0.1) is 13.8 Å². The highest BCUT2D eigenvalue weighted by Gasteiger charge is 2.18. The van der Waals surface area contributed by atoms with E-state index in [0.29, 0.717) is 18.7 Å². The normalized spacial score (nSPS) is 10.9. The number of pyridine rings is 1. The number of fused-ring (bicyclic) bond motifs is 1. The maximum atomic E-state index is 13.5. The fraction of sp³-hybridized carbons (Fsp3) is 0.231. The first-order valence-electron chi connectivity index (χ1n) is 10.5. The highest BCUT2D eigenvalue weighted by Crippen LogP contribution is 2.19. The van der Waals surface area contributed by atoms with Crippen LogP contribution in [0.3, 0.4) is 0 Å². The smallest absolute Gasteiger partial charge is 0.254 e. The Bertz CT molecular complexity index is 1200. The van der Waals surface area contributed by atoms with Gasteiger partial charge in [-0.15, -0.1) is 0 Å². The maximum absolute atomic E-state index is 13.5. The van der Waals surface area contributed by atoms with Crippen LogP contribution in [-0.4, -0.2) is 25.8 Å². The van der Waals surface area contributed by atoms with Gasteiger partial charge in [-0.25, -0.2) is 9.97 Å². The molecule has 4 rings (SSSR count). The Hall–Kier alpha value is -3.60. The SMILES string of the molecule is CCc1ccc(CN(Cc2cccnc2)C(=O)c2ccc3nc(C)c(C)nc3c2)cc1. The molecule has 0 atom stereocenters. The van der Waals surface area contributed by atoms with Crippen molar-refractivity contribution in [3.63, 3.8) is 0 Å². The number of carbonyl (C=O) groups excluding carboxylic acids is 1. The van der Waals surface area contributed by atoms with Gasteiger partial charge in [-0.1, -0.05) is 37.3 Å². The number of amides is 1. The van der Waals surface area contributed by atoms with E-state index in [2.05, 4.69) is 46.1 Å². The van der Waals surface area contributed by atoms with E-state index < -0.39 is 0 Å². The van der Waals surface area contributed by atoms with Crippen molar-refractivity contribution >= 4 is 16.9 Å². The second kappa shape index (κ2) is 9.04. The van der Waals surface area contributed by atoms with Crippen molar-refractivity contribution in [1.82, 2.24) is 19.9 Å². The van der Waals surface area contributed by atoms with Gasteiger partial charge in [0.2, 0.25) is 0 Å². The van der Waals surface area contributed by atoms with Crippen molar-refractivity contribution in [3.8, 4) is 0 Å². The number of hydrogen-bond donors (Lipinski definition) is 0. The summed E-state index contributed by atoms with van der Waals surface area (Å²) in [6.07, 6.45) is 4.54. The predicted octanol–water partition coefficient (Wildman–Crippen LogP) is 5.05. The lowest BCUT2D eigenvalue weighted by molar-refractivity contribution is 0.0730. The third-order valence-electron chi connectivity index (χ3n) is 5.51. The molecule has 0 aliphatic carbocycles. The van der Waals surface area contributed by atoms with E-state index in [-0.39, 0.29) is 5.91 Å². The quantitative estimate of drug-likeness (QED) is 0.446. The molecule has 0 fully saturated rings. The standard InChI is InChI=1S/C26H26N4O/c1-4-20-7-9-21(10-8-20)16-30(17-22-6-5-13-27-15-22)26(31)23-11-12-24-25(14-23)29-19(3)18(2)28-24/h5-15H,4,16-17H2,1-3H3. The van der Waals surface area contributed by atoms with Crippen molar-refractivity contribution < 1.29 is 4.79 Å². The Labute approximate surface area is 182 Å². The Morgan fingerprint density at radius 2 is 1.52 bits per heavy atom. The van der Waals surface area contributed by atoms with Crippen molar-refractivity contribution in [2.45, 2.75) is 40.3 Å². The van der Waals surface area contributed by atoms with Gasteiger partial charge in [0.25, 0.3) is 5.91 Å². The van der Waals surface area contributed by atoms with Gasteiger partial charge in [0.05, 0.1) is 22.4 Å². The molecule has 0 N–H and O–H groups in total. The van der Waals surface area contributed by atoms with Gasteiger partial charge >= 0.3 is 0 Å². The van der Waals surface area contributed by atoms with E-state index in [4.69, 9.17) is 0 Å². The number of aryl methyl sites for hydroxylation is 3. The summed E-state index contributed by atoms with van der Waals surface area (Å²) in [6.45, 7) is 7.03. The van der Waals surface area contributed by atoms with Gasteiger partial charge in [-0.05, 0) is 61.2 Å². The van der Waals surface area contributed by atoms with E-state index in [0.717, 1.165) is 40.0 Å². The Kier molecular flexibility index (Phi) is 6.03. The van der Waals surface area contributed by atoms with Crippen LogP contribution >= 0.6 is 0 Å². The van der Waals surface area contributed by atoms with Crippen LogP contribution in [0.25, 0.3) is 11.0 Å². The van der Waals surface area contributed by atoms with Crippen LogP contribution < -0.4 is 0 Å². The molecule has 0 radical (unpaired) electrons. The van der Waals surface area contributed by atoms with E-state index in [1.807, 2.05) is 49.1 Å². The average molecular weight is 411 g/mol. The molecule has 4 aromatic rings. The van der Waals surface area contributed by atoms with E-state index >= 15 is 0 Å². The summed E-state index contributed by atoms with van der Waals surface area (Å²) in [4.78, 5) is 28.8. The number of carbonyl (C=O) groups is 1. The molecule has 0 unspecified atom stereocenters. The molecule has 2 aromatic carbocycles. The number of hydrogen-bond acceptors (Lipinski definition) is 4. The lowest BCUT2D eigenvalue weighted by Gasteiger charge is -2.23. The fourth-order valence-corrected chi connectivity index (χ4v) is 3.56. The average Bonchev–Trinajstić information content (AvgIpc) is 2.80. The van der Waals surface area contributed by atoms with Crippen LogP contribution in [0.5, 0.6) is 0 Å². The van der Waals surface area contributed by atoms with Crippen LogP contribution in [0.4, 0.5) is 0 Å². The van der Waals surface area contributed by atoms with Crippen molar-refractivity contribution in [3.05, 3.63) is 101 Å². The third-order valence-corrected chi connectivity index (χ3v) is 5.51. The molecule has 0 saturated carbocycles. The largest absolute Gasteiger partial charge is 0.330 e. The van der Waals surface area contributed by atoms with Gasteiger partial charge in [-0.3, -0.25) is 9.78 Å². The molecule has 5 nitrogen and oxygen atoms in total. The second-order valence-corrected chi connectivity index (χ2v) is 7.79. The first-order chi connectivity index (χ1) is 15.0. The minimum Gasteiger partial charge on any atom is -0.330 e. The van der Waals surface area contributed by atoms with Crippen LogP contribution in [-0.2, 0) is 19.5 Å². The van der Waals surface area contributed by atoms with E-state index in [1.54, 1.807) is 12.4 Å². The molecule has 5 heteroatoms. The summed E-state index contributed by atoms with van der Waals surface area (Å²) in [7, 11) is 0. The highest BCUT2D eigenvalue weighted by atomic mass is 16.2. The van der Waals surface area contributed by atoms with E-state index in [9.17, 15) is 4.79 Å². The molecule has 156 valence electrons. The van der Waals surface area contributed by atoms with Crippen molar-refractivity contribution in [1.29, 1.82) is 0 Å². The Balaban J connectivity index is 1.66. The molecule has 0 spiro atoms. The minimum atomic E-state index is -0.0367. The number of nitrogens with zero attached hydrogens (tertiary/aromatic N) is 4. The molecule has 0 aliphatic rings. The zero-order chi connectivity index (χ0) is 21.8. The van der Waals surface area contributed by atoms with Gasteiger partial charge in [-0.2, -0.15) is 0 Å². The molecule has 2 heterocycles. The van der Waals surface area contributed by atoms with E-state index in [1.165, 1.54) is 5.56 Å². The first kappa shape index (κ1) is 20.7. The monoisotopic (exact) mass is 410 g/mol. The van der Waals surface area contributed by atoms with Crippen LogP contribution in [0.1, 0.15) is 45.4 Å². The maximum Gasteiger partial charge on any atom is 0.254 e. The number of rotatable bonds is 6. The third kappa shape index (κ3) is 4.77. The van der Waals surface area contributed by atoms with Gasteiger partial charge in [0.1, 0.15) is 0 Å². The number of benzene rings is 2. The van der Waals surface area contributed by atoms with Crippen molar-refractivity contribution in [2.75, 3.05) is 0 Å². The molecule has 0 aliphatic heterocycles. The summed E-state index contributed by atoms with van der Waals surface area (Å²) < 4.78 is 0. The first-order valence-corrected chi connectivity index (χ1v) is 10.5. The van der Waals surface area contributed by atoms with Crippen molar-refractivity contribution in [2.24, 2.45) is 0 Å². The fourth-order valence-electron chi connectivity index (χ4n) is 3.56. The summed E-state index contributed by atoms with van der Waals surface area (Å²) in [6, 6.07) is 17.9. The minimum absolute atomic E-state index is 0.0367. The lowest BCUT2D eigenvalue weighted by atomic mass is 10.1. The molecule has 2 aromatic heterocycles. The summed E-state index contributed by atoms with van der Waals surface area (Å²) in [5, 5.41) is 0. The highest BCUT2D eigenvalue weighted by molar-refractivity contribution is 5.97.